The highest BCUT2D eigenvalue weighted by atomic mass is 16.5. The number of ether oxygens (including phenoxy) is 1. The van der Waals surface area contributed by atoms with E-state index in [9.17, 15) is 9.90 Å². The summed E-state index contributed by atoms with van der Waals surface area (Å²) in [6.45, 7) is 9.89. The molecule has 170 valence electrons. The Labute approximate surface area is 192 Å². The predicted molar refractivity (Wildman–Crippen MR) is 129 cm³/mol. The molecule has 0 spiro atoms. The van der Waals surface area contributed by atoms with Gasteiger partial charge in [-0.3, -0.25) is 9.69 Å². The van der Waals surface area contributed by atoms with Gasteiger partial charge in [0.2, 0.25) is 0 Å². The summed E-state index contributed by atoms with van der Waals surface area (Å²) in [6.07, 6.45) is 3.38. The summed E-state index contributed by atoms with van der Waals surface area (Å²) >= 11 is 0. The molecule has 2 aromatic rings. The van der Waals surface area contributed by atoms with Gasteiger partial charge in [-0.15, -0.1) is 0 Å². The van der Waals surface area contributed by atoms with Crippen LogP contribution in [0.3, 0.4) is 0 Å². The highest BCUT2D eigenvalue weighted by Crippen LogP contribution is 2.29. The number of Topliss-reactive ketones (excluding diaryl/α,β-unsaturated/α-hetero) is 1. The maximum absolute atomic E-state index is 13.2. The van der Waals surface area contributed by atoms with Gasteiger partial charge in [-0.25, -0.2) is 0 Å². The van der Waals surface area contributed by atoms with Crippen LogP contribution in [0, 0.1) is 5.92 Å². The molecule has 1 N–H and O–H groups in total. The van der Waals surface area contributed by atoms with Crippen LogP contribution in [0.1, 0.15) is 45.2 Å². The van der Waals surface area contributed by atoms with Crippen LogP contribution >= 0.6 is 0 Å². The standard InChI is InChI=1S/C28H35NO3/c1-5-23-26(32-20-22-14-10-7-11-15-22)17-16-24(27(23)31)25(30)19-29(28(2,3)4)18-21-12-8-6-9-13-21/h6-17,23,25,30H,5,18-20H2,1-4H3. The average molecular weight is 434 g/mol. The van der Waals surface area contributed by atoms with E-state index in [0.717, 1.165) is 5.56 Å². The summed E-state index contributed by atoms with van der Waals surface area (Å²) in [5, 5.41) is 11.1. The van der Waals surface area contributed by atoms with Crippen LogP contribution in [0.2, 0.25) is 0 Å². The van der Waals surface area contributed by atoms with Crippen LogP contribution in [-0.4, -0.2) is 34.0 Å². The van der Waals surface area contributed by atoms with Crippen molar-refractivity contribution in [2.75, 3.05) is 6.54 Å². The molecule has 0 radical (unpaired) electrons. The van der Waals surface area contributed by atoms with Crippen LogP contribution in [0.4, 0.5) is 0 Å². The van der Waals surface area contributed by atoms with Gasteiger partial charge < -0.3 is 9.84 Å². The monoisotopic (exact) mass is 433 g/mol. The van der Waals surface area contributed by atoms with E-state index in [1.165, 1.54) is 5.56 Å². The van der Waals surface area contributed by atoms with E-state index in [2.05, 4.69) is 37.8 Å². The number of benzene rings is 2. The third-order valence-electron chi connectivity index (χ3n) is 5.95. The lowest BCUT2D eigenvalue weighted by molar-refractivity contribution is -0.120. The second kappa shape index (κ2) is 10.8. The first-order valence-electron chi connectivity index (χ1n) is 11.4. The summed E-state index contributed by atoms with van der Waals surface area (Å²) in [6, 6.07) is 20.1. The molecule has 3 rings (SSSR count). The van der Waals surface area contributed by atoms with E-state index in [1.54, 1.807) is 6.08 Å². The number of ketones is 1. The maximum Gasteiger partial charge on any atom is 0.172 e. The lowest BCUT2D eigenvalue weighted by Crippen LogP contribution is -2.46. The first-order valence-corrected chi connectivity index (χ1v) is 11.4. The summed E-state index contributed by atoms with van der Waals surface area (Å²) in [4.78, 5) is 15.5. The zero-order chi connectivity index (χ0) is 23.1. The van der Waals surface area contributed by atoms with Crippen LogP contribution in [0.5, 0.6) is 0 Å². The van der Waals surface area contributed by atoms with Gasteiger partial charge in [0.1, 0.15) is 12.4 Å². The van der Waals surface area contributed by atoms with Gasteiger partial charge in [-0.2, -0.15) is 0 Å². The van der Waals surface area contributed by atoms with Crippen molar-refractivity contribution in [3.8, 4) is 0 Å². The van der Waals surface area contributed by atoms with Gasteiger partial charge in [0, 0.05) is 24.2 Å². The Morgan fingerprint density at radius 3 is 2.12 bits per heavy atom. The number of β-amino-alcohol motifs (C(OH)–C–C–N with tert-alkyl or cyclic N) is 1. The second-order valence-electron chi connectivity index (χ2n) is 9.34. The van der Waals surface area contributed by atoms with E-state index in [1.807, 2.05) is 61.5 Å². The molecule has 0 aliphatic heterocycles. The number of nitrogens with zero attached hydrogens (tertiary/aromatic N) is 1. The molecule has 2 atom stereocenters. The third kappa shape index (κ3) is 6.18. The van der Waals surface area contributed by atoms with Crippen molar-refractivity contribution < 1.29 is 14.6 Å². The molecule has 0 saturated heterocycles. The molecule has 2 aromatic carbocycles. The van der Waals surface area contributed by atoms with Crippen molar-refractivity contribution in [3.63, 3.8) is 0 Å². The van der Waals surface area contributed by atoms with Crippen molar-refractivity contribution in [2.45, 2.75) is 58.9 Å². The Hall–Kier alpha value is -2.69. The van der Waals surface area contributed by atoms with Crippen molar-refractivity contribution in [3.05, 3.63) is 95.3 Å². The molecule has 0 amide bonds. The Morgan fingerprint density at radius 1 is 0.969 bits per heavy atom. The van der Waals surface area contributed by atoms with Gasteiger partial charge in [-0.05, 0) is 50.5 Å². The van der Waals surface area contributed by atoms with Gasteiger partial charge in [0.15, 0.2) is 5.78 Å². The Kier molecular flexibility index (Phi) is 8.05. The largest absolute Gasteiger partial charge is 0.492 e. The van der Waals surface area contributed by atoms with Crippen LogP contribution in [-0.2, 0) is 22.7 Å². The maximum atomic E-state index is 13.2. The van der Waals surface area contributed by atoms with Crippen LogP contribution in [0.25, 0.3) is 0 Å². The van der Waals surface area contributed by atoms with Crippen molar-refractivity contribution in [2.24, 2.45) is 5.92 Å². The minimum Gasteiger partial charge on any atom is -0.492 e. The van der Waals surface area contributed by atoms with Gasteiger partial charge >= 0.3 is 0 Å². The normalized spacial score (nSPS) is 17.7. The molecule has 0 saturated carbocycles. The van der Waals surface area contributed by atoms with E-state index >= 15 is 0 Å². The average Bonchev–Trinajstić information content (AvgIpc) is 2.78. The Balaban J connectivity index is 1.73. The van der Waals surface area contributed by atoms with E-state index in [-0.39, 0.29) is 17.2 Å². The van der Waals surface area contributed by atoms with Crippen LogP contribution in [0.15, 0.2) is 84.1 Å². The first-order chi connectivity index (χ1) is 15.3. The Morgan fingerprint density at radius 2 is 1.56 bits per heavy atom. The molecule has 4 nitrogen and oxygen atoms in total. The van der Waals surface area contributed by atoms with Crippen molar-refractivity contribution in [1.29, 1.82) is 0 Å². The Bertz CT molecular complexity index is 942. The fraction of sp³-hybridized carbons (Fsp3) is 0.393. The molecular weight excluding hydrogens is 398 g/mol. The topological polar surface area (TPSA) is 49.8 Å². The minimum atomic E-state index is -0.855. The summed E-state index contributed by atoms with van der Waals surface area (Å²) in [7, 11) is 0. The van der Waals surface area contributed by atoms with E-state index in [0.29, 0.717) is 37.4 Å². The third-order valence-corrected chi connectivity index (χ3v) is 5.95. The molecule has 0 bridgehead atoms. The van der Waals surface area contributed by atoms with Gasteiger partial charge in [-0.1, -0.05) is 67.6 Å². The fourth-order valence-electron chi connectivity index (χ4n) is 3.94. The smallest absolute Gasteiger partial charge is 0.172 e. The molecule has 4 heteroatoms. The number of aliphatic hydroxyl groups is 1. The number of hydrogen-bond acceptors (Lipinski definition) is 4. The molecule has 2 unspecified atom stereocenters. The second-order valence-corrected chi connectivity index (χ2v) is 9.34. The number of carbonyl (C=O) groups excluding carboxylic acids is 1. The minimum absolute atomic E-state index is 0.0425. The quantitative estimate of drug-likeness (QED) is 0.584. The summed E-state index contributed by atoms with van der Waals surface area (Å²) in [5.74, 6) is 0.277. The number of hydrogen-bond donors (Lipinski definition) is 1. The first kappa shape index (κ1) is 24.0. The number of aliphatic hydroxyl groups excluding tert-OH is 1. The summed E-state index contributed by atoms with van der Waals surface area (Å²) in [5.41, 5.74) is 2.55. The van der Waals surface area contributed by atoms with E-state index < -0.39 is 6.10 Å². The SMILES string of the molecule is CCC1C(=O)C(C(O)CN(Cc2ccccc2)C(C)(C)C)=CC=C1OCc1ccccc1. The van der Waals surface area contributed by atoms with E-state index in [4.69, 9.17) is 4.74 Å². The van der Waals surface area contributed by atoms with Gasteiger partial charge in [0.05, 0.1) is 12.0 Å². The zero-order valence-corrected chi connectivity index (χ0v) is 19.6. The van der Waals surface area contributed by atoms with Crippen LogP contribution < -0.4 is 0 Å². The van der Waals surface area contributed by atoms with Crippen molar-refractivity contribution in [1.82, 2.24) is 4.90 Å². The highest BCUT2D eigenvalue weighted by molar-refractivity contribution is 6.01. The molecule has 32 heavy (non-hydrogen) atoms. The molecule has 1 aliphatic rings. The number of carbonyl (C=O) groups is 1. The molecule has 0 heterocycles. The van der Waals surface area contributed by atoms with Gasteiger partial charge in [0.25, 0.3) is 0 Å². The number of rotatable bonds is 9. The number of allylic oxidation sites excluding steroid dienone is 3. The lowest BCUT2D eigenvalue weighted by Gasteiger charge is -2.38. The highest BCUT2D eigenvalue weighted by Gasteiger charge is 2.34. The fourth-order valence-corrected chi connectivity index (χ4v) is 3.94. The molecule has 0 fully saturated rings. The molecule has 1 aliphatic carbocycles. The zero-order valence-electron chi connectivity index (χ0n) is 19.6. The summed E-state index contributed by atoms with van der Waals surface area (Å²) < 4.78 is 5.99. The lowest BCUT2D eigenvalue weighted by atomic mass is 9.86. The predicted octanol–water partition coefficient (Wildman–Crippen LogP) is 5.28. The van der Waals surface area contributed by atoms with Crippen molar-refractivity contribution >= 4 is 5.78 Å². The molecular formula is C28H35NO3. The molecule has 0 aromatic heterocycles.